The molecule has 7 heteroatoms. The zero-order chi connectivity index (χ0) is 17.6. The predicted octanol–water partition coefficient (Wildman–Crippen LogP) is 1.44. The second kappa shape index (κ2) is 6.37. The van der Waals surface area contributed by atoms with Crippen LogP contribution in [0.1, 0.15) is 31.2 Å². The van der Waals surface area contributed by atoms with Crippen molar-refractivity contribution in [3.8, 4) is 0 Å². The van der Waals surface area contributed by atoms with Crippen LogP contribution in [0.3, 0.4) is 0 Å². The third kappa shape index (κ3) is 3.20. The van der Waals surface area contributed by atoms with E-state index in [4.69, 9.17) is 4.74 Å². The van der Waals surface area contributed by atoms with Crippen LogP contribution in [0.25, 0.3) is 0 Å². The lowest BCUT2D eigenvalue weighted by Gasteiger charge is -2.32. The van der Waals surface area contributed by atoms with Gasteiger partial charge in [-0.25, -0.2) is 8.42 Å². The first-order chi connectivity index (χ1) is 11.9. The zero-order valence-electron chi connectivity index (χ0n) is 14.3. The highest BCUT2D eigenvalue weighted by Gasteiger charge is 2.47. The predicted molar refractivity (Wildman–Crippen MR) is 92.5 cm³/mol. The van der Waals surface area contributed by atoms with E-state index in [0.29, 0.717) is 23.9 Å². The molecule has 3 aliphatic rings. The number of nitrogens with one attached hydrogen (secondary N) is 1. The van der Waals surface area contributed by atoms with Crippen molar-refractivity contribution in [1.82, 2.24) is 9.62 Å². The van der Waals surface area contributed by atoms with Crippen LogP contribution < -0.4 is 5.32 Å². The van der Waals surface area contributed by atoms with Gasteiger partial charge >= 0.3 is 0 Å². The molecule has 1 saturated carbocycles. The third-order valence-corrected chi connectivity index (χ3v) is 7.42. The smallest absolute Gasteiger partial charge is 0.243 e. The van der Waals surface area contributed by atoms with Crippen molar-refractivity contribution >= 4 is 15.9 Å². The minimum atomic E-state index is -3.55. The molecule has 0 spiro atoms. The summed E-state index contributed by atoms with van der Waals surface area (Å²) in [5, 5.41) is 3.08. The van der Waals surface area contributed by atoms with Crippen LogP contribution in [0, 0.1) is 12.8 Å². The van der Waals surface area contributed by atoms with Gasteiger partial charge in [-0.2, -0.15) is 4.31 Å². The number of sulfonamides is 1. The molecule has 0 aromatic heterocycles. The number of benzene rings is 1. The van der Waals surface area contributed by atoms with E-state index in [9.17, 15) is 13.2 Å². The van der Waals surface area contributed by atoms with Crippen LogP contribution in [0.5, 0.6) is 0 Å². The monoisotopic (exact) mass is 364 g/mol. The van der Waals surface area contributed by atoms with E-state index in [1.54, 1.807) is 24.3 Å². The minimum Gasteiger partial charge on any atom is -0.371 e. The van der Waals surface area contributed by atoms with Gasteiger partial charge in [0.05, 0.1) is 23.0 Å². The fraction of sp³-hybridized carbons (Fsp3) is 0.611. The van der Waals surface area contributed by atoms with Crippen LogP contribution in [-0.4, -0.2) is 50.0 Å². The summed E-state index contributed by atoms with van der Waals surface area (Å²) in [5.41, 5.74) is 1.02. The molecule has 3 unspecified atom stereocenters. The summed E-state index contributed by atoms with van der Waals surface area (Å²) in [6.07, 6.45) is 3.31. The number of nitrogens with zero attached hydrogens (tertiary/aromatic N) is 1. The number of carbonyl (C=O) groups excluding carboxylic acids is 1. The van der Waals surface area contributed by atoms with Crippen molar-refractivity contribution in [3.63, 3.8) is 0 Å². The standard InChI is InChI=1S/C18H24N2O4S/c1-12-5-7-15(8-6-12)25(22,23)20-10-14-9-16(17(11-20)24-14)18(21)19-13-3-2-4-13/h5-8,13-14,16-17H,2-4,9-11H2,1H3,(H,19,21). The molecule has 2 heterocycles. The average molecular weight is 364 g/mol. The van der Waals surface area contributed by atoms with Crippen molar-refractivity contribution in [2.75, 3.05) is 13.1 Å². The molecule has 0 radical (unpaired) electrons. The van der Waals surface area contributed by atoms with Crippen molar-refractivity contribution in [3.05, 3.63) is 29.8 Å². The Kier molecular flexibility index (Phi) is 4.33. The first-order valence-corrected chi connectivity index (χ1v) is 10.4. The van der Waals surface area contributed by atoms with Gasteiger partial charge in [0, 0.05) is 19.1 Å². The average Bonchev–Trinajstić information content (AvgIpc) is 2.85. The molecule has 1 amide bonds. The lowest BCUT2D eigenvalue weighted by atomic mass is 9.91. The van der Waals surface area contributed by atoms with Crippen molar-refractivity contribution in [2.45, 2.75) is 55.8 Å². The first kappa shape index (κ1) is 17.0. The summed E-state index contributed by atoms with van der Waals surface area (Å²) < 4.78 is 33.2. The number of amides is 1. The van der Waals surface area contributed by atoms with Gasteiger partial charge in [0.15, 0.2) is 0 Å². The Morgan fingerprint density at radius 3 is 2.56 bits per heavy atom. The van der Waals surface area contributed by atoms with Crippen molar-refractivity contribution < 1.29 is 17.9 Å². The van der Waals surface area contributed by atoms with E-state index in [2.05, 4.69) is 5.32 Å². The molecular weight excluding hydrogens is 340 g/mol. The molecule has 3 fully saturated rings. The van der Waals surface area contributed by atoms with Gasteiger partial charge in [-0.05, 0) is 44.7 Å². The number of morpholine rings is 1. The molecule has 1 N–H and O–H groups in total. The molecule has 136 valence electrons. The quantitative estimate of drug-likeness (QED) is 0.877. The number of hydrogen-bond donors (Lipinski definition) is 1. The minimum absolute atomic E-state index is 0.0202. The summed E-state index contributed by atoms with van der Waals surface area (Å²) in [6, 6.07) is 7.18. The maximum atomic E-state index is 12.9. The van der Waals surface area contributed by atoms with Crippen molar-refractivity contribution in [2.24, 2.45) is 5.92 Å². The molecule has 2 saturated heterocycles. The number of ether oxygens (including phenoxy) is 1. The summed E-state index contributed by atoms with van der Waals surface area (Å²) in [4.78, 5) is 12.8. The van der Waals surface area contributed by atoms with Gasteiger partial charge in [0.2, 0.25) is 15.9 Å². The number of fused-ring (bicyclic) bond motifs is 2. The Morgan fingerprint density at radius 2 is 1.92 bits per heavy atom. The van der Waals surface area contributed by atoms with Gasteiger partial charge in [-0.3, -0.25) is 4.79 Å². The molecule has 25 heavy (non-hydrogen) atoms. The van der Waals surface area contributed by atoms with E-state index in [1.807, 2.05) is 6.92 Å². The summed E-state index contributed by atoms with van der Waals surface area (Å²) >= 11 is 0. The van der Waals surface area contributed by atoms with E-state index in [1.165, 1.54) is 10.7 Å². The second-order valence-electron chi connectivity index (χ2n) is 7.41. The molecule has 3 atom stereocenters. The van der Waals surface area contributed by atoms with E-state index >= 15 is 0 Å². The largest absolute Gasteiger partial charge is 0.371 e. The summed E-state index contributed by atoms with van der Waals surface area (Å²) in [5.74, 6) is -0.226. The molecule has 1 aliphatic carbocycles. The van der Waals surface area contributed by atoms with Gasteiger partial charge in [-0.15, -0.1) is 0 Å². The Labute approximate surface area is 148 Å². The maximum absolute atomic E-state index is 12.9. The highest BCUT2D eigenvalue weighted by Crippen LogP contribution is 2.35. The van der Waals surface area contributed by atoms with E-state index < -0.39 is 10.0 Å². The molecular formula is C18H24N2O4S. The van der Waals surface area contributed by atoms with Gasteiger partial charge < -0.3 is 10.1 Å². The van der Waals surface area contributed by atoms with E-state index in [0.717, 1.165) is 18.4 Å². The first-order valence-electron chi connectivity index (χ1n) is 8.96. The second-order valence-corrected chi connectivity index (χ2v) is 9.35. The Hall–Kier alpha value is -1.44. The van der Waals surface area contributed by atoms with Crippen LogP contribution >= 0.6 is 0 Å². The molecule has 1 aromatic carbocycles. The van der Waals surface area contributed by atoms with Crippen LogP contribution in [0.15, 0.2) is 29.2 Å². The van der Waals surface area contributed by atoms with E-state index in [-0.39, 0.29) is 30.6 Å². The number of rotatable bonds is 4. The van der Waals surface area contributed by atoms with Gasteiger partial charge in [0.1, 0.15) is 0 Å². The summed E-state index contributed by atoms with van der Waals surface area (Å²) in [6.45, 7) is 2.49. The maximum Gasteiger partial charge on any atom is 0.243 e. The molecule has 2 aliphatic heterocycles. The molecule has 1 aromatic rings. The lowest BCUT2D eigenvalue weighted by molar-refractivity contribution is -0.128. The van der Waals surface area contributed by atoms with Crippen LogP contribution in [-0.2, 0) is 19.6 Å². The fourth-order valence-electron chi connectivity index (χ4n) is 3.82. The van der Waals surface area contributed by atoms with Crippen LogP contribution in [0.4, 0.5) is 0 Å². The van der Waals surface area contributed by atoms with Gasteiger partial charge in [0.25, 0.3) is 0 Å². The third-order valence-electron chi connectivity index (χ3n) is 5.57. The lowest BCUT2D eigenvalue weighted by Crippen LogP contribution is -2.49. The Bertz CT molecular complexity index is 758. The Morgan fingerprint density at radius 1 is 1.20 bits per heavy atom. The topological polar surface area (TPSA) is 75.7 Å². The number of carbonyl (C=O) groups is 1. The number of hydrogen-bond acceptors (Lipinski definition) is 4. The molecule has 4 rings (SSSR count). The molecule has 6 nitrogen and oxygen atoms in total. The highest BCUT2D eigenvalue weighted by molar-refractivity contribution is 7.89. The van der Waals surface area contributed by atoms with Gasteiger partial charge in [-0.1, -0.05) is 17.7 Å². The fourth-order valence-corrected chi connectivity index (χ4v) is 5.30. The normalized spacial score (nSPS) is 30.0. The highest BCUT2D eigenvalue weighted by atomic mass is 32.2. The number of aryl methyl sites for hydroxylation is 1. The zero-order valence-corrected chi connectivity index (χ0v) is 15.2. The SMILES string of the molecule is Cc1ccc(S(=O)(=O)N2CC3CC(C(=O)NC4CCC4)C(C2)O3)cc1. The van der Waals surface area contributed by atoms with Crippen molar-refractivity contribution in [1.29, 1.82) is 0 Å². The Balaban J connectivity index is 1.47. The summed E-state index contributed by atoms with van der Waals surface area (Å²) in [7, 11) is -3.55. The molecule has 2 bridgehead atoms. The van der Waals surface area contributed by atoms with Crippen LogP contribution in [0.2, 0.25) is 0 Å².